The first-order valence-electron chi connectivity index (χ1n) is 3.61. The summed E-state index contributed by atoms with van der Waals surface area (Å²) in [4.78, 5) is 13.2. The summed E-state index contributed by atoms with van der Waals surface area (Å²) >= 11 is 6.04. The first-order valence-corrected chi connectivity index (χ1v) is 4.84. The lowest BCUT2D eigenvalue weighted by molar-refractivity contribution is 1.32. The molecule has 0 radical (unpaired) electrons. The monoisotopic (exact) mass is 207 g/mol. The summed E-state index contributed by atoms with van der Waals surface area (Å²) in [5, 5.41) is 3.29. The fraction of sp³-hybridized carbons (Fsp3) is 0.125. The molecular weight excluding hydrogens is 202 g/mol. The third-order valence-electron chi connectivity index (χ3n) is 1.51. The van der Waals surface area contributed by atoms with Gasteiger partial charge in [-0.1, -0.05) is 11.3 Å². The fourth-order valence-corrected chi connectivity index (χ4v) is 1.90. The molecule has 0 saturated carbocycles. The van der Waals surface area contributed by atoms with E-state index in [1.54, 1.807) is 17.4 Å². The Bertz CT molecular complexity index is 497. The van der Waals surface area contributed by atoms with Gasteiger partial charge in [0, 0.05) is 0 Å². The van der Waals surface area contributed by atoms with Crippen molar-refractivity contribution in [3.8, 4) is 0 Å². The third-order valence-corrected chi connectivity index (χ3v) is 2.48. The van der Waals surface area contributed by atoms with E-state index < -0.39 is 0 Å². The van der Waals surface area contributed by atoms with Crippen molar-refractivity contribution in [3.63, 3.8) is 0 Å². The second-order valence-corrected chi connectivity index (χ2v) is 3.79. The van der Waals surface area contributed by atoms with Gasteiger partial charge in [0.25, 0.3) is 0 Å². The van der Waals surface area contributed by atoms with Crippen LogP contribution in [0, 0.1) is 6.92 Å². The maximum Gasteiger partial charge on any atom is 0.164 e. The van der Waals surface area contributed by atoms with Crippen molar-refractivity contribution in [1.82, 2.24) is 9.97 Å². The van der Waals surface area contributed by atoms with Crippen molar-refractivity contribution in [3.05, 3.63) is 17.1 Å². The number of pyridine rings is 1. The van der Waals surface area contributed by atoms with Crippen LogP contribution < -0.4 is 0 Å². The minimum Gasteiger partial charge on any atom is -0.240 e. The Balaban J connectivity index is 2.67. The number of aliphatic imine (C=N–C) groups is 1. The Morgan fingerprint density at radius 1 is 1.46 bits per heavy atom. The molecular formula is C8H5N3S2. The zero-order valence-corrected chi connectivity index (χ0v) is 8.45. The number of fused-ring (bicyclic) bond motifs is 1. The van der Waals surface area contributed by atoms with E-state index in [1.807, 2.05) is 13.0 Å². The second kappa shape index (κ2) is 3.30. The molecule has 2 aromatic heterocycles. The van der Waals surface area contributed by atoms with Gasteiger partial charge >= 0.3 is 0 Å². The minimum absolute atomic E-state index is 0.589. The van der Waals surface area contributed by atoms with E-state index in [2.05, 4.69) is 32.3 Å². The summed E-state index contributed by atoms with van der Waals surface area (Å²) in [6.45, 7) is 1.95. The molecule has 0 N–H and O–H groups in total. The lowest BCUT2D eigenvalue weighted by Gasteiger charge is -1.88. The van der Waals surface area contributed by atoms with E-state index in [1.165, 1.54) is 0 Å². The van der Waals surface area contributed by atoms with Gasteiger partial charge in [0.2, 0.25) is 0 Å². The summed E-state index contributed by atoms with van der Waals surface area (Å²) in [6.07, 6.45) is 0. The van der Waals surface area contributed by atoms with Gasteiger partial charge in [0.1, 0.15) is 10.3 Å². The predicted octanol–water partition coefficient (Wildman–Crippen LogP) is 2.73. The molecule has 0 unspecified atom stereocenters. The average Bonchev–Trinajstić information content (AvgIpc) is 2.44. The molecule has 0 bridgehead atoms. The summed E-state index contributed by atoms with van der Waals surface area (Å²) in [5.74, 6) is 0.589. The van der Waals surface area contributed by atoms with Gasteiger partial charge in [-0.2, -0.15) is 4.99 Å². The number of hydrogen-bond donors (Lipinski definition) is 0. The van der Waals surface area contributed by atoms with Crippen molar-refractivity contribution >= 4 is 44.9 Å². The van der Waals surface area contributed by atoms with Gasteiger partial charge in [0.05, 0.1) is 10.2 Å². The van der Waals surface area contributed by atoms with Gasteiger partial charge in [0.15, 0.2) is 5.82 Å². The van der Waals surface area contributed by atoms with E-state index in [0.717, 1.165) is 15.4 Å². The highest BCUT2D eigenvalue weighted by atomic mass is 32.1. The highest BCUT2D eigenvalue weighted by Crippen LogP contribution is 2.21. The first kappa shape index (κ1) is 8.44. The van der Waals surface area contributed by atoms with Crippen LogP contribution in [0.2, 0.25) is 0 Å². The van der Waals surface area contributed by atoms with E-state index in [0.29, 0.717) is 5.82 Å². The maximum atomic E-state index is 4.49. The average molecular weight is 207 g/mol. The lowest BCUT2D eigenvalue weighted by atomic mass is 10.4. The van der Waals surface area contributed by atoms with Crippen LogP contribution in [0.3, 0.4) is 0 Å². The predicted molar refractivity (Wildman–Crippen MR) is 56.8 cm³/mol. The molecule has 2 aromatic rings. The summed E-state index contributed by atoms with van der Waals surface area (Å²) < 4.78 is 0. The van der Waals surface area contributed by atoms with Gasteiger partial charge in [-0.05, 0) is 31.3 Å². The van der Waals surface area contributed by atoms with Crippen LogP contribution in [0.1, 0.15) is 5.01 Å². The van der Waals surface area contributed by atoms with Crippen LogP contribution in [-0.4, -0.2) is 15.1 Å². The summed E-state index contributed by atoms with van der Waals surface area (Å²) in [5.41, 5.74) is 0.908. The molecule has 0 aliphatic heterocycles. The number of aromatic nitrogens is 2. The molecule has 0 saturated heterocycles. The Hall–Kier alpha value is -1.16. The molecule has 2 heterocycles. The number of thiazole rings is 1. The molecule has 2 rings (SSSR count). The van der Waals surface area contributed by atoms with Crippen LogP contribution >= 0.6 is 23.6 Å². The molecule has 64 valence electrons. The van der Waals surface area contributed by atoms with Crippen LogP contribution in [0.25, 0.3) is 10.3 Å². The molecule has 0 atom stereocenters. The second-order valence-electron chi connectivity index (χ2n) is 2.43. The fourth-order valence-electron chi connectivity index (χ4n) is 1.02. The molecule has 0 aliphatic rings. The number of nitrogens with zero attached hydrogens (tertiary/aromatic N) is 3. The molecule has 0 amide bonds. The standard InChI is InChI=1S/C8H5N3S2/c1-5-10-6-2-3-7(9-4-12)11-8(6)13-5/h2-3H,1H3. The van der Waals surface area contributed by atoms with Crippen LogP contribution in [0.5, 0.6) is 0 Å². The van der Waals surface area contributed by atoms with E-state index in [-0.39, 0.29) is 0 Å². The largest absolute Gasteiger partial charge is 0.240 e. The molecule has 13 heavy (non-hydrogen) atoms. The zero-order valence-electron chi connectivity index (χ0n) is 6.81. The normalized spacial score (nSPS) is 9.92. The molecule has 0 aliphatic carbocycles. The van der Waals surface area contributed by atoms with E-state index >= 15 is 0 Å². The number of aryl methyl sites for hydroxylation is 1. The van der Waals surface area contributed by atoms with Gasteiger partial charge in [-0.15, -0.1) is 0 Å². The molecule has 5 heteroatoms. The van der Waals surface area contributed by atoms with Gasteiger partial charge < -0.3 is 0 Å². The highest BCUT2D eigenvalue weighted by molar-refractivity contribution is 7.78. The van der Waals surface area contributed by atoms with Crippen molar-refractivity contribution in [1.29, 1.82) is 0 Å². The Morgan fingerprint density at radius 2 is 2.31 bits per heavy atom. The SMILES string of the molecule is Cc1nc2ccc(N=C=S)nc2s1. The number of isothiocyanates is 1. The topological polar surface area (TPSA) is 38.1 Å². The van der Waals surface area contributed by atoms with Crippen molar-refractivity contribution in [2.24, 2.45) is 4.99 Å². The summed E-state index contributed by atoms with van der Waals surface area (Å²) in [7, 11) is 0. The van der Waals surface area contributed by atoms with Gasteiger partial charge in [-0.3, -0.25) is 0 Å². The molecule has 0 fully saturated rings. The van der Waals surface area contributed by atoms with Crippen LogP contribution in [0.15, 0.2) is 17.1 Å². The van der Waals surface area contributed by atoms with Gasteiger partial charge in [-0.25, -0.2) is 9.97 Å². The van der Waals surface area contributed by atoms with E-state index in [9.17, 15) is 0 Å². The smallest absolute Gasteiger partial charge is 0.164 e. The van der Waals surface area contributed by atoms with Crippen molar-refractivity contribution < 1.29 is 0 Å². The number of thiocarbonyl (C=S) groups is 1. The summed E-state index contributed by atoms with van der Waals surface area (Å²) in [6, 6.07) is 3.66. The third kappa shape index (κ3) is 1.62. The highest BCUT2D eigenvalue weighted by Gasteiger charge is 2.01. The quantitative estimate of drug-likeness (QED) is 0.533. The van der Waals surface area contributed by atoms with Crippen LogP contribution in [0.4, 0.5) is 5.82 Å². The lowest BCUT2D eigenvalue weighted by Crippen LogP contribution is -1.73. The number of hydrogen-bond acceptors (Lipinski definition) is 5. The Kier molecular flexibility index (Phi) is 2.14. The van der Waals surface area contributed by atoms with Crippen molar-refractivity contribution in [2.75, 3.05) is 0 Å². The first-order chi connectivity index (χ1) is 6.29. The zero-order chi connectivity index (χ0) is 9.26. The van der Waals surface area contributed by atoms with E-state index in [4.69, 9.17) is 0 Å². The minimum atomic E-state index is 0.589. The Morgan fingerprint density at radius 3 is 3.08 bits per heavy atom. The Labute approximate surface area is 84.2 Å². The molecule has 0 spiro atoms. The molecule has 3 nitrogen and oxygen atoms in total. The van der Waals surface area contributed by atoms with Crippen molar-refractivity contribution in [2.45, 2.75) is 6.92 Å². The molecule has 0 aromatic carbocycles. The number of rotatable bonds is 1. The van der Waals surface area contributed by atoms with Crippen LogP contribution in [-0.2, 0) is 0 Å². The maximum absolute atomic E-state index is 4.49.